The zero-order valence-corrected chi connectivity index (χ0v) is 13.9. The van der Waals surface area contributed by atoms with Crippen molar-refractivity contribution < 1.29 is 19.4 Å². The molecule has 26 heavy (non-hydrogen) atoms. The summed E-state index contributed by atoms with van der Waals surface area (Å²) >= 11 is 0. The van der Waals surface area contributed by atoms with E-state index in [-0.39, 0.29) is 36.1 Å². The van der Waals surface area contributed by atoms with E-state index in [0.717, 1.165) is 10.8 Å². The summed E-state index contributed by atoms with van der Waals surface area (Å²) in [5.74, 6) is -0.792. The molecule has 0 aromatic heterocycles. The molecule has 3 rings (SSSR count). The Kier molecular flexibility index (Phi) is 5.03. The molecule has 0 aliphatic heterocycles. The van der Waals surface area contributed by atoms with Crippen molar-refractivity contribution in [2.45, 2.75) is 0 Å². The van der Waals surface area contributed by atoms with Gasteiger partial charge in [0.15, 0.2) is 11.5 Å². The molecule has 4 N–H and O–H groups in total. The number of amides is 2. The molecule has 3 aromatic carbocycles. The highest BCUT2D eigenvalue weighted by Crippen LogP contribution is 2.26. The molecule has 0 atom stereocenters. The van der Waals surface area contributed by atoms with Gasteiger partial charge < -0.3 is 20.9 Å². The van der Waals surface area contributed by atoms with Crippen LogP contribution in [0.15, 0.2) is 60.7 Å². The van der Waals surface area contributed by atoms with Gasteiger partial charge in [-0.05, 0) is 41.1 Å². The molecule has 0 aliphatic rings. The van der Waals surface area contributed by atoms with E-state index in [4.69, 9.17) is 10.5 Å². The highest BCUT2D eigenvalue weighted by Gasteiger charge is 2.08. The van der Waals surface area contributed by atoms with Crippen molar-refractivity contribution in [3.8, 4) is 11.5 Å². The first-order chi connectivity index (χ1) is 12.5. The first-order valence-electron chi connectivity index (χ1n) is 8.07. The largest absolute Gasteiger partial charge is 0.504 e. The van der Waals surface area contributed by atoms with Crippen molar-refractivity contribution in [3.63, 3.8) is 0 Å². The van der Waals surface area contributed by atoms with E-state index < -0.39 is 5.91 Å². The van der Waals surface area contributed by atoms with Crippen molar-refractivity contribution >= 4 is 22.6 Å². The molecule has 0 saturated heterocycles. The number of nitrogens with two attached hydrogens (primary N) is 1. The molecule has 6 nitrogen and oxygen atoms in total. The number of aromatic hydroxyl groups is 1. The van der Waals surface area contributed by atoms with E-state index in [9.17, 15) is 14.7 Å². The topological polar surface area (TPSA) is 102 Å². The number of rotatable bonds is 6. The van der Waals surface area contributed by atoms with Gasteiger partial charge in [0.1, 0.15) is 6.61 Å². The number of carbonyl (C=O) groups excluding carboxylic acids is 2. The van der Waals surface area contributed by atoms with Crippen LogP contribution in [-0.2, 0) is 0 Å². The Labute approximate surface area is 150 Å². The van der Waals surface area contributed by atoms with Crippen LogP contribution in [0.3, 0.4) is 0 Å². The van der Waals surface area contributed by atoms with Crippen LogP contribution in [-0.4, -0.2) is 30.1 Å². The van der Waals surface area contributed by atoms with Gasteiger partial charge in [-0.1, -0.05) is 30.3 Å². The van der Waals surface area contributed by atoms with E-state index in [0.29, 0.717) is 5.56 Å². The summed E-state index contributed by atoms with van der Waals surface area (Å²) in [7, 11) is 0. The van der Waals surface area contributed by atoms with Crippen molar-refractivity contribution in [3.05, 3.63) is 71.8 Å². The van der Waals surface area contributed by atoms with Crippen molar-refractivity contribution in [1.82, 2.24) is 5.32 Å². The molecule has 0 unspecified atom stereocenters. The van der Waals surface area contributed by atoms with Gasteiger partial charge in [-0.3, -0.25) is 9.59 Å². The lowest BCUT2D eigenvalue weighted by atomic mass is 10.1. The second-order valence-electron chi connectivity index (χ2n) is 5.71. The summed E-state index contributed by atoms with van der Waals surface area (Å²) in [4.78, 5) is 23.3. The smallest absolute Gasteiger partial charge is 0.251 e. The summed E-state index contributed by atoms with van der Waals surface area (Å²) < 4.78 is 5.41. The van der Waals surface area contributed by atoms with Gasteiger partial charge in [0, 0.05) is 11.1 Å². The molecule has 0 aliphatic carbocycles. The number of hydrogen-bond acceptors (Lipinski definition) is 4. The van der Waals surface area contributed by atoms with Gasteiger partial charge in [-0.15, -0.1) is 0 Å². The predicted molar refractivity (Wildman–Crippen MR) is 98.4 cm³/mol. The first kappa shape index (κ1) is 17.3. The standard InChI is InChI=1S/C20H18N2O4/c21-19(24)15-7-8-18(17(23)12-15)26-10-9-22-20(25)16-6-5-13-3-1-2-4-14(13)11-16/h1-8,11-12,23H,9-10H2,(H2,21,24)(H,22,25). The van der Waals surface area contributed by atoms with Crippen LogP contribution in [0.1, 0.15) is 20.7 Å². The highest BCUT2D eigenvalue weighted by atomic mass is 16.5. The monoisotopic (exact) mass is 350 g/mol. The van der Waals surface area contributed by atoms with Gasteiger partial charge in [-0.25, -0.2) is 0 Å². The van der Waals surface area contributed by atoms with Crippen molar-refractivity contribution in [2.75, 3.05) is 13.2 Å². The summed E-state index contributed by atoms with van der Waals surface area (Å²) in [5, 5.41) is 14.6. The molecular weight excluding hydrogens is 332 g/mol. The SMILES string of the molecule is NC(=O)c1ccc(OCCNC(=O)c2ccc3ccccc3c2)c(O)c1. The van der Waals surface area contributed by atoms with Crippen molar-refractivity contribution in [2.24, 2.45) is 5.73 Å². The minimum Gasteiger partial charge on any atom is -0.504 e. The molecule has 0 bridgehead atoms. The van der Waals surface area contributed by atoms with Crippen LogP contribution in [0.5, 0.6) is 11.5 Å². The Hall–Kier alpha value is -3.54. The summed E-state index contributed by atoms with van der Waals surface area (Å²) in [6.45, 7) is 0.436. The average molecular weight is 350 g/mol. The number of ether oxygens (including phenoxy) is 1. The Morgan fingerprint density at radius 1 is 0.962 bits per heavy atom. The Morgan fingerprint density at radius 3 is 2.42 bits per heavy atom. The normalized spacial score (nSPS) is 10.5. The zero-order chi connectivity index (χ0) is 18.5. The number of fused-ring (bicyclic) bond motifs is 1. The molecule has 0 saturated carbocycles. The molecule has 132 valence electrons. The molecule has 6 heteroatoms. The molecule has 2 amide bonds. The third kappa shape index (κ3) is 3.92. The average Bonchev–Trinajstić information content (AvgIpc) is 2.65. The lowest BCUT2D eigenvalue weighted by Gasteiger charge is -2.10. The lowest BCUT2D eigenvalue weighted by Crippen LogP contribution is -2.28. The van der Waals surface area contributed by atoms with E-state index in [1.165, 1.54) is 18.2 Å². The van der Waals surface area contributed by atoms with Gasteiger partial charge >= 0.3 is 0 Å². The summed E-state index contributed by atoms with van der Waals surface area (Å²) in [6, 6.07) is 17.5. The molecule has 0 heterocycles. The second-order valence-corrected chi connectivity index (χ2v) is 5.71. The second kappa shape index (κ2) is 7.57. The summed E-state index contributed by atoms with van der Waals surface area (Å²) in [6.07, 6.45) is 0. The van der Waals surface area contributed by atoms with Gasteiger partial charge in [0.25, 0.3) is 5.91 Å². The minimum absolute atomic E-state index is 0.169. The number of benzene rings is 3. The number of primary amides is 1. The Bertz CT molecular complexity index is 969. The van der Waals surface area contributed by atoms with Crippen LogP contribution in [0.4, 0.5) is 0 Å². The van der Waals surface area contributed by atoms with E-state index in [2.05, 4.69) is 5.32 Å². The number of nitrogens with one attached hydrogen (secondary N) is 1. The van der Waals surface area contributed by atoms with Crippen LogP contribution < -0.4 is 15.8 Å². The van der Waals surface area contributed by atoms with Gasteiger partial charge in [0.2, 0.25) is 5.91 Å². The first-order valence-corrected chi connectivity index (χ1v) is 8.07. The fraction of sp³-hybridized carbons (Fsp3) is 0.100. The minimum atomic E-state index is -0.630. The molecule has 0 fully saturated rings. The van der Waals surface area contributed by atoms with Gasteiger partial charge in [0.05, 0.1) is 6.54 Å². The molecule has 0 radical (unpaired) electrons. The quantitative estimate of drug-likeness (QED) is 0.594. The maximum Gasteiger partial charge on any atom is 0.251 e. The molecule has 0 spiro atoms. The van der Waals surface area contributed by atoms with Crippen LogP contribution in [0, 0.1) is 0 Å². The third-order valence-electron chi connectivity index (χ3n) is 3.90. The lowest BCUT2D eigenvalue weighted by molar-refractivity contribution is 0.0945. The number of phenolic OH excluding ortho intramolecular Hbond substituents is 1. The Balaban J connectivity index is 1.54. The van der Waals surface area contributed by atoms with Crippen LogP contribution >= 0.6 is 0 Å². The number of hydrogen-bond donors (Lipinski definition) is 3. The summed E-state index contributed by atoms with van der Waals surface area (Å²) in [5.41, 5.74) is 5.90. The Morgan fingerprint density at radius 2 is 1.69 bits per heavy atom. The van der Waals surface area contributed by atoms with Crippen LogP contribution in [0.2, 0.25) is 0 Å². The third-order valence-corrected chi connectivity index (χ3v) is 3.90. The molecular formula is C20H18N2O4. The maximum atomic E-state index is 12.2. The highest BCUT2D eigenvalue weighted by molar-refractivity contribution is 5.98. The zero-order valence-electron chi connectivity index (χ0n) is 13.9. The molecule has 3 aromatic rings. The fourth-order valence-electron chi connectivity index (χ4n) is 2.55. The predicted octanol–water partition coefficient (Wildman–Crippen LogP) is 2.45. The van der Waals surface area contributed by atoms with Gasteiger partial charge in [-0.2, -0.15) is 0 Å². The van der Waals surface area contributed by atoms with Crippen LogP contribution in [0.25, 0.3) is 10.8 Å². The maximum absolute atomic E-state index is 12.2. The number of carbonyl (C=O) groups is 2. The number of phenols is 1. The van der Waals surface area contributed by atoms with E-state index >= 15 is 0 Å². The van der Waals surface area contributed by atoms with E-state index in [1.54, 1.807) is 6.07 Å². The van der Waals surface area contributed by atoms with E-state index in [1.807, 2.05) is 36.4 Å². The fourth-order valence-corrected chi connectivity index (χ4v) is 2.55. The van der Waals surface area contributed by atoms with Crippen molar-refractivity contribution in [1.29, 1.82) is 0 Å².